The van der Waals surface area contributed by atoms with Gasteiger partial charge in [0, 0.05) is 22.3 Å². The van der Waals surface area contributed by atoms with Gasteiger partial charge in [-0.1, -0.05) is 6.07 Å². The quantitative estimate of drug-likeness (QED) is 0.187. The minimum atomic E-state index is -1.09. The van der Waals surface area contributed by atoms with Gasteiger partial charge in [0.05, 0.1) is 43.9 Å². The summed E-state index contributed by atoms with van der Waals surface area (Å²) in [7, 11) is 0. The molecule has 4 aromatic rings. The second kappa shape index (κ2) is 11.4. The molecule has 9 nitrogen and oxygen atoms in total. The van der Waals surface area contributed by atoms with E-state index < -0.39 is 65.1 Å². The number of benzene rings is 2. The minimum absolute atomic E-state index is 0.0960. The fourth-order valence-electron chi connectivity index (χ4n) is 4.67. The minimum Gasteiger partial charge on any atom is -0.444 e. The maximum atomic E-state index is 14.8. The molecule has 3 heterocycles. The summed E-state index contributed by atoms with van der Waals surface area (Å²) in [6, 6.07) is 6.14. The number of nitrogens with zero attached hydrogens (tertiary/aromatic N) is 3. The summed E-state index contributed by atoms with van der Waals surface area (Å²) in [6.07, 6.45) is -0.744. The van der Waals surface area contributed by atoms with Crippen LogP contribution in [0.3, 0.4) is 0 Å². The van der Waals surface area contributed by atoms with Crippen molar-refractivity contribution in [3.8, 4) is 0 Å². The van der Waals surface area contributed by atoms with Crippen LogP contribution in [0, 0.1) is 29.8 Å². The van der Waals surface area contributed by atoms with E-state index in [0.717, 1.165) is 35.2 Å². The first-order valence-electron chi connectivity index (χ1n) is 13.0. The standard InChI is InChI=1S/C30H25F4N5O4/c1-30(2,3)43-29(41)38-27-19-14-42-13-18(19)26-24(37-27)10-25(36-26)28(40)39(11-16-20(31)6-5-7-21(16)32)12-17-22(33)8-15(35-4)9-23(17)34/h5-10,36H,11-14H2,1-3H3,(H,37,38,41). The molecule has 43 heavy (non-hydrogen) atoms. The summed E-state index contributed by atoms with van der Waals surface area (Å²) >= 11 is 0. The molecule has 0 spiro atoms. The number of ether oxygens (including phenoxy) is 2. The van der Waals surface area contributed by atoms with E-state index in [2.05, 4.69) is 20.1 Å². The maximum absolute atomic E-state index is 14.8. The van der Waals surface area contributed by atoms with Crippen molar-refractivity contribution in [2.45, 2.75) is 52.7 Å². The van der Waals surface area contributed by atoms with Crippen molar-refractivity contribution in [1.82, 2.24) is 14.9 Å². The Hall–Kier alpha value is -4.96. The van der Waals surface area contributed by atoms with Crippen molar-refractivity contribution in [1.29, 1.82) is 0 Å². The van der Waals surface area contributed by atoms with Crippen molar-refractivity contribution in [2.75, 3.05) is 5.32 Å². The van der Waals surface area contributed by atoms with Gasteiger partial charge < -0.3 is 19.4 Å². The number of pyridine rings is 1. The first kappa shape index (κ1) is 29.5. The van der Waals surface area contributed by atoms with Crippen molar-refractivity contribution >= 4 is 34.5 Å². The van der Waals surface area contributed by atoms with Crippen molar-refractivity contribution in [2.24, 2.45) is 0 Å². The summed E-state index contributed by atoms with van der Waals surface area (Å²) in [5.41, 5.74) is -0.339. The molecule has 0 fully saturated rings. The van der Waals surface area contributed by atoms with E-state index in [0.29, 0.717) is 16.6 Å². The van der Waals surface area contributed by atoms with Crippen LogP contribution < -0.4 is 5.32 Å². The monoisotopic (exact) mass is 595 g/mol. The number of halogens is 4. The molecular weight excluding hydrogens is 570 g/mol. The zero-order chi connectivity index (χ0) is 31.1. The number of rotatable bonds is 6. The lowest BCUT2D eigenvalue weighted by atomic mass is 10.1. The Morgan fingerprint density at radius 1 is 1.02 bits per heavy atom. The summed E-state index contributed by atoms with van der Waals surface area (Å²) in [5.74, 6) is -4.76. The maximum Gasteiger partial charge on any atom is 0.413 e. The van der Waals surface area contributed by atoms with Crippen LogP contribution in [-0.4, -0.2) is 32.5 Å². The van der Waals surface area contributed by atoms with Crippen molar-refractivity contribution in [3.05, 3.63) is 99.0 Å². The average molecular weight is 596 g/mol. The molecule has 13 heteroatoms. The number of carbonyl (C=O) groups is 2. The van der Waals surface area contributed by atoms with Gasteiger partial charge in [-0.25, -0.2) is 32.2 Å². The lowest BCUT2D eigenvalue weighted by molar-refractivity contribution is 0.0634. The van der Waals surface area contributed by atoms with E-state index in [1.54, 1.807) is 20.8 Å². The van der Waals surface area contributed by atoms with Crippen LogP contribution in [-0.2, 0) is 35.8 Å². The van der Waals surface area contributed by atoms with E-state index in [-0.39, 0.29) is 35.9 Å². The predicted molar refractivity (Wildman–Crippen MR) is 147 cm³/mol. The van der Waals surface area contributed by atoms with Crippen LogP contribution >= 0.6 is 0 Å². The zero-order valence-electron chi connectivity index (χ0n) is 23.3. The third kappa shape index (κ3) is 6.14. The van der Waals surface area contributed by atoms with E-state index in [9.17, 15) is 27.2 Å². The smallest absolute Gasteiger partial charge is 0.413 e. The summed E-state index contributed by atoms with van der Waals surface area (Å²) in [4.78, 5) is 37.6. The molecule has 222 valence electrons. The number of aromatic nitrogens is 2. The SMILES string of the molecule is [C-]#[N+]c1cc(F)c(CN(Cc2c(F)cccc2F)C(=O)c2cc3nc(NC(=O)OC(C)(C)C)c4c(c3[nH]2)COC4)c(F)c1. The van der Waals surface area contributed by atoms with Crippen molar-refractivity contribution in [3.63, 3.8) is 0 Å². The number of nitrogens with one attached hydrogen (secondary N) is 2. The van der Waals surface area contributed by atoms with Gasteiger partial charge >= 0.3 is 6.09 Å². The molecule has 0 radical (unpaired) electrons. The first-order chi connectivity index (χ1) is 20.3. The van der Waals surface area contributed by atoms with Gasteiger partial charge in [0.25, 0.3) is 5.91 Å². The van der Waals surface area contributed by atoms with E-state index >= 15 is 0 Å². The molecule has 2 aromatic heterocycles. The van der Waals surface area contributed by atoms with Crippen LogP contribution in [0.25, 0.3) is 15.9 Å². The Morgan fingerprint density at radius 2 is 1.63 bits per heavy atom. The van der Waals surface area contributed by atoms with Gasteiger partial charge in [-0.05, 0) is 51.1 Å². The number of carbonyl (C=O) groups excluding carboxylic acids is 2. The number of hydrogen-bond acceptors (Lipinski definition) is 5. The number of aromatic amines is 1. The lowest BCUT2D eigenvalue weighted by Gasteiger charge is -2.23. The number of anilines is 1. The molecule has 0 aliphatic carbocycles. The number of hydrogen-bond donors (Lipinski definition) is 2. The van der Waals surface area contributed by atoms with Crippen molar-refractivity contribution < 1.29 is 36.6 Å². The molecule has 0 saturated heterocycles. The lowest BCUT2D eigenvalue weighted by Crippen LogP contribution is -2.32. The fraction of sp³-hybridized carbons (Fsp3) is 0.267. The van der Waals surface area contributed by atoms with E-state index in [1.807, 2.05) is 0 Å². The number of fused-ring (bicyclic) bond motifs is 3. The van der Waals surface area contributed by atoms with Crippen LogP contribution in [0.4, 0.5) is 33.9 Å². The second-order valence-corrected chi connectivity index (χ2v) is 10.8. The van der Waals surface area contributed by atoms with E-state index in [4.69, 9.17) is 16.0 Å². The Labute approximate surface area is 243 Å². The van der Waals surface area contributed by atoms with E-state index in [1.165, 1.54) is 6.07 Å². The highest BCUT2D eigenvalue weighted by Crippen LogP contribution is 2.33. The number of H-pyrrole nitrogens is 1. The average Bonchev–Trinajstić information content (AvgIpc) is 3.57. The van der Waals surface area contributed by atoms with Gasteiger partial charge in [0.2, 0.25) is 0 Å². The molecule has 0 unspecified atom stereocenters. The third-order valence-corrected chi connectivity index (χ3v) is 6.63. The van der Waals surface area contributed by atoms with Gasteiger partial charge in [0.15, 0.2) is 5.69 Å². The molecule has 1 aliphatic rings. The Balaban J connectivity index is 1.54. The van der Waals surface area contributed by atoms with Crippen LogP contribution in [0.2, 0.25) is 0 Å². The highest BCUT2D eigenvalue weighted by Gasteiger charge is 2.28. The van der Waals surface area contributed by atoms with Gasteiger partial charge in [0.1, 0.15) is 40.4 Å². The van der Waals surface area contributed by atoms with Crippen LogP contribution in [0.5, 0.6) is 0 Å². The number of amides is 2. The summed E-state index contributed by atoms with van der Waals surface area (Å²) < 4.78 is 69.8. The Morgan fingerprint density at radius 3 is 2.23 bits per heavy atom. The molecule has 1 aliphatic heterocycles. The van der Waals surface area contributed by atoms with Gasteiger partial charge in [-0.2, -0.15) is 0 Å². The Kier molecular flexibility index (Phi) is 7.81. The molecule has 0 bridgehead atoms. The molecule has 0 atom stereocenters. The van der Waals surface area contributed by atoms with Gasteiger partial charge in [-0.15, -0.1) is 0 Å². The molecule has 0 saturated carbocycles. The normalized spacial score (nSPS) is 12.6. The molecule has 2 amide bonds. The van der Waals surface area contributed by atoms with Crippen LogP contribution in [0.1, 0.15) is 53.5 Å². The van der Waals surface area contributed by atoms with Crippen LogP contribution in [0.15, 0.2) is 36.4 Å². The summed E-state index contributed by atoms with van der Waals surface area (Å²) in [6.45, 7) is 11.0. The largest absolute Gasteiger partial charge is 0.444 e. The predicted octanol–water partition coefficient (Wildman–Crippen LogP) is 6.89. The molecule has 5 rings (SSSR count). The molecular formula is C30H25F4N5O4. The Bertz CT molecular complexity index is 1770. The summed E-state index contributed by atoms with van der Waals surface area (Å²) in [5, 5.41) is 2.60. The third-order valence-electron chi connectivity index (χ3n) is 6.63. The molecule has 2 N–H and O–H groups in total. The second-order valence-electron chi connectivity index (χ2n) is 10.8. The first-order valence-corrected chi connectivity index (χ1v) is 13.0. The van der Waals surface area contributed by atoms with Gasteiger partial charge in [-0.3, -0.25) is 10.1 Å². The topological polar surface area (TPSA) is 101 Å². The molecule has 2 aromatic carbocycles. The fourth-order valence-corrected chi connectivity index (χ4v) is 4.67. The highest BCUT2D eigenvalue weighted by atomic mass is 19.1. The zero-order valence-corrected chi connectivity index (χ0v) is 23.3. The highest BCUT2D eigenvalue weighted by molar-refractivity contribution is 5.99.